The summed E-state index contributed by atoms with van der Waals surface area (Å²) in [6.07, 6.45) is 9.01. The number of carbonyl (C=O) groups excluding carboxylic acids is 8. The number of terminal acetylenes is 1. The van der Waals surface area contributed by atoms with Crippen molar-refractivity contribution in [2.24, 2.45) is 23.2 Å². The van der Waals surface area contributed by atoms with Crippen molar-refractivity contribution in [2.75, 3.05) is 14.2 Å². The van der Waals surface area contributed by atoms with Gasteiger partial charge >= 0.3 is 11.9 Å². The van der Waals surface area contributed by atoms with E-state index >= 15 is 0 Å². The van der Waals surface area contributed by atoms with Crippen molar-refractivity contribution in [3.8, 4) is 18.6 Å². The third kappa shape index (κ3) is 22.3. The van der Waals surface area contributed by atoms with Gasteiger partial charge in [0.15, 0.2) is 29.0 Å². The van der Waals surface area contributed by atoms with Crippen LogP contribution in [0.5, 0.6) is 5.75 Å². The number of aromatic nitrogens is 1. The van der Waals surface area contributed by atoms with Gasteiger partial charge in [-0.25, -0.2) is 8.78 Å². The minimum absolute atomic E-state index is 0.00944. The van der Waals surface area contributed by atoms with Crippen LogP contribution in [-0.4, -0.2) is 96.1 Å². The molecule has 380 valence electrons. The summed E-state index contributed by atoms with van der Waals surface area (Å²) in [5, 5.41) is 11.4. The molecule has 3 rings (SSSR count). The number of rotatable bonds is 20. The Morgan fingerprint density at radius 3 is 1.65 bits per heavy atom. The topological polar surface area (TPSA) is 225 Å². The second kappa shape index (κ2) is 29.9. The summed E-state index contributed by atoms with van der Waals surface area (Å²) in [6, 6.07) is 11.4. The highest BCUT2D eigenvalue weighted by Crippen LogP contribution is 2.35. The van der Waals surface area contributed by atoms with Crippen molar-refractivity contribution in [1.82, 2.24) is 26.3 Å². The van der Waals surface area contributed by atoms with E-state index in [4.69, 9.17) is 9.47 Å². The van der Waals surface area contributed by atoms with Crippen molar-refractivity contribution < 1.29 is 61.3 Å². The molecular formula is C51H71F2N5O11. The Labute approximate surface area is 405 Å². The van der Waals surface area contributed by atoms with Gasteiger partial charge < -0.3 is 35.5 Å². The molecule has 0 radical (unpaired) electrons. The van der Waals surface area contributed by atoms with Crippen molar-refractivity contribution in [2.45, 2.75) is 132 Å². The monoisotopic (exact) mass is 968 g/mol. The summed E-state index contributed by atoms with van der Waals surface area (Å²) in [7, 11) is 2.31. The number of esters is 2. The van der Waals surface area contributed by atoms with Gasteiger partial charge in [-0.2, -0.15) is 0 Å². The van der Waals surface area contributed by atoms with Gasteiger partial charge in [0.05, 0.1) is 44.7 Å². The van der Waals surface area contributed by atoms with Crippen LogP contribution < -0.4 is 26.0 Å². The summed E-state index contributed by atoms with van der Waals surface area (Å²) in [5.74, 6) is -7.63. The number of ether oxygens (including phenoxy) is 3. The van der Waals surface area contributed by atoms with Crippen LogP contribution in [0.1, 0.15) is 102 Å². The molecule has 69 heavy (non-hydrogen) atoms. The number of nitrogens with one attached hydrogen (secondary N) is 4. The second-order valence-electron chi connectivity index (χ2n) is 18.0. The number of benzene rings is 2. The number of Topliss-reactive ketones (excluding diaryl/α,β-unsaturated/α-hetero) is 2. The maximum absolute atomic E-state index is 14.2. The average Bonchev–Trinajstić information content (AvgIpc) is 3.28. The Balaban J connectivity index is 0.00000161. The van der Waals surface area contributed by atoms with E-state index in [9.17, 15) is 47.1 Å². The molecule has 3 aromatic rings. The molecule has 5 atom stereocenters. The molecule has 0 fully saturated rings. The second-order valence-corrected chi connectivity index (χ2v) is 18.0. The molecule has 4 N–H and O–H groups in total. The predicted octanol–water partition coefficient (Wildman–Crippen LogP) is 6.22. The highest BCUT2D eigenvalue weighted by Gasteiger charge is 2.42. The molecule has 1 aromatic heterocycles. The van der Waals surface area contributed by atoms with Crippen LogP contribution in [-0.2, 0) is 47.8 Å². The Morgan fingerprint density at radius 2 is 1.17 bits per heavy atom. The Morgan fingerprint density at radius 1 is 0.652 bits per heavy atom. The maximum atomic E-state index is 14.2. The van der Waals surface area contributed by atoms with E-state index in [1.54, 1.807) is 27.7 Å². The highest BCUT2D eigenvalue weighted by molar-refractivity contribution is 5.98. The van der Waals surface area contributed by atoms with E-state index < -0.39 is 100 Å². The number of amides is 4. The molecule has 4 amide bonds. The summed E-state index contributed by atoms with van der Waals surface area (Å²) in [6.45, 7) is 19.1. The molecule has 0 aliphatic heterocycles. The smallest absolute Gasteiger partial charge is 0.308 e. The number of hydrogen-bond donors (Lipinski definition) is 4. The van der Waals surface area contributed by atoms with E-state index in [1.165, 1.54) is 60.1 Å². The maximum Gasteiger partial charge on any atom is 0.308 e. The summed E-state index contributed by atoms with van der Waals surface area (Å²) < 4.78 is 43.4. The number of methoxy groups -OCH3 is 2. The first-order chi connectivity index (χ1) is 32.1. The normalized spacial score (nSPS) is 13.0. The Bertz CT molecular complexity index is 2140. The first-order valence-electron chi connectivity index (χ1n) is 22.2. The number of hydrogen-bond acceptors (Lipinski definition) is 12. The lowest BCUT2D eigenvalue weighted by molar-refractivity contribution is -0.145. The lowest BCUT2D eigenvalue weighted by atomic mass is 9.75. The summed E-state index contributed by atoms with van der Waals surface area (Å²) >= 11 is 0. The number of carbonyl (C=O) groups is 8. The molecule has 0 bridgehead atoms. The number of ketones is 2. The van der Waals surface area contributed by atoms with Crippen LogP contribution in [0.25, 0.3) is 10.9 Å². The number of pyridine rings is 1. The van der Waals surface area contributed by atoms with Crippen molar-refractivity contribution in [3.05, 3.63) is 72.4 Å². The van der Waals surface area contributed by atoms with Crippen LogP contribution in [0.15, 0.2) is 60.8 Å². The lowest BCUT2D eigenvalue weighted by Gasteiger charge is -2.36. The minimum atomic E-state index is -1.39. The summed E-state index contributed by atoms with van der Waals surface area (Å²) in [5.41, 5.74) is -1.50. The quantitative estimate of drug-likeness (QED) is 0.0732. The van der Waals surface area contributed by atoms with Crippen LogP contribution in [0.2, 0.25) is 0 Å². The largest absolute Gasteiger partial charge is 0.482 e. The first-order valence-corrected chi connectivity index (χ1v) is 22.2. The van der Waals surface area contributed by atoms with Gasteiger partial charge in [-0.15, -0.1) is 12.8 Å². The molecule has 1 heterocycles. The third-order valence-corrected chi connectivity index (χ3v) is 10.2. The zero-order valence-electron chi connectivity index (χ0n) is 42.3. The van der Waals surface area contributed by atoms with Crippen LogP contribution in [0.4, 0.5) is 8.78 Å². The van der Waals surface area contributed by atoms with Crippen molar-refractivity contribution >= 4 is 58.0 Å². The standard InChI is InChI=1S/C32H47F2N3O9.C9H7N.C8H15NO2.C2H2/c1-17(2)25(37-28(41)18(3)14-23(38)44-9)30(43)35-19(4)29(42)36-22(15-24(39)45-10)27(40)31(5,6)16-32(7,8)46-26-20(33)12-11-13-21(26)34;1-2-6-9-8(4-1)5-3-7-10-9;1-5(2)8(6(3)10)9-7(4)11;1-2/h11-13,17-19,22,25H,14-16H2,1-10H3,(H,35,43)(H,36,42)(H,37,41);1-7H;5,8H,1-4H3,(H,9,11);1-2H/t18?,19?,22-,25-;;8-;/m0.0./s1. The fraction of sp³-hybridized carbons (Fsp3) is 0.510. The van der Waals surface area contributed by atoms with Gasteiger partial charge in [0.25, 0.3) is 0 Å². The number of nitrogens with zero attached hydrogens (tertiary/aromatic N) is 1. The van der Waals surface area contributed by atoms with Crippen LogP contribution in [0, 0.1) is 47.6 Å². The molecule has 0 saturated heterocycles. The number of fused-ring (bicyclic) bond motifs is 1. The molecule has 0 saturated carbocycles. The van der Waals surface area contributed by atoms with Crippen LogP contribution in [0.3, 0.4) is 0 Å². The minimum Gasteiger partial charge on any atom is -0.482 e. The molecule has 2 unspecified atom stereocenters. The van der Waals surface area contributed by atoms with Crippen LogP contribution >= 0.6 is 0 Å². The van der Waals surface area contributed by atoms with Crippen molar-refractivity contribution in [3.63, 3.8) is 0 Å². The zero-order chi connectivity index (χ0) is 53.4. The third-order valence-electron chi connectivity index (χ3n) is 10.2. The van der Waals surface area contributed by atoms with Gasteiger partial charge in [0.2, 0.25) is 23.6 Å². The molecule has 18 heteroatoms. The van der Waals surface area contributed by atoms with E-state index in [2.05, 4.69) is 56.0 Å². The first kappa shape index (κ1) is 62.2. The molecular weight excluding hydrogens is 897 g/mol. The average molecular weight is 968 g/mol. The summed E-state index contributed by atoms with van der Waals surface area (Å²) in [4.78, 5) is 102. The molecule has 16 nitrogen and oxygen atoms in total. The fourth-order valence-electron chi connectivity index (χ4n) is 6.87. The van der Waals surface area contributed by atoms with Crippen molar-refractivity contribution in [1.29, 1.82) is 0 Å². The Kier molecular flexibility index (Phi) is 26.9. The highest BCUT2D eigenvalue weighted by atomic mass is 19.1. The molecule has 0 aliphatic rings. The number of halogens is 2. The van der Waals surface area contributed by atoms with Gasteiger partial charge in [-0.05, 0) is 70.2 Å². The zero-order valence-corrected chi connectivity index (χ0v) is 42.3. The molecule has 0 aliphatic carbocycles. The predicted molar refractivity (Wildman–Crippen MR) is 258 cm³/mol. The van der Waals surface area contributed by atoms with Gasteiger partial charge in [0.1, 0.15) is 17.7 Å². The van der Waals surface area contributed by atoms with Gasteiger partial charge in [0, 0.05) is 29.8 Å². The van der Waals surface area contributed by atoms with E-state index in [1.807, 2.05) is 44.3 Å². The molecule has 0 spiro atoms. The van der Waals surface area contributed by atoms with E-state index in [-0.39, 0.29) is 36.5 Å². The van der Waals surface area contributed by atoms with E-state index in [0.29, 0.717) is 0 Å². The Hall–Kier alpha value is -6.77. The molecule has 2 aromatic carbocycles. The number of para-hydroxylation sites is 2. The lowest BCUT2D eigenvalue weighted by Crippen LogP contribution is -2.57. The fourth-order valence-corrected chi connectivity index (χ4v) is 6.87. The van der Waals surface area contributed by atoms with E-state index in [0.717, 1.165) is 24.8 Å². The SMILES string of the molecule is C#C.CC(=O)N[C@H](C(C)=O)C(C)C.COC(=O)CC(C)C(=O)N[C@H](C(=O)NC(C)C(=O)N[C@@H](CC(=O)OC)C(=O)C(C)(C)CC(C)(C)Oc1c(F)cccc1F)C(C)C.c1ccc2ncccc2c1. The van der Waals surface area contributed by atoms with Gasteiger partial charge in [-0.1, -0.05) is 78.8 Å². The van der Waals surface area contributed by atoms with Gasteiger partial charge in [-0.3, -0.25) is 43.3 Å².